The molecule has 0 aromatic heterocycles. The second-order valence-corrected chi connectivity index (χ2v) is 7.58. The van der Waals surface area contributed by atoms with Crippen molar-refractivity contribution in [1.29, 1.82) is 0 Å². The van der Waals surface area contributed by atoms with Gasteiger partial charge in [0.1, 0.15) is 5.75 Å². The van der Waals surface area contributed by atoms with Crippen molar-refractivity contribution < 1.29 is 23.4 Å². The summed E-state index contributed by atoms with van der Waals surface area (Å²) in [6.45, 7) is 0.895. The van der Waals surface area contributed by atoms with E-state index in [0.717, 1.165) is 5.56 Å². The molecule has 1 aliphatic carbocycles. The van der Waals surface area contributed by atoms with Crippen LogP contribution >= 0.6 is 0 Å². The van der Waals surface area contributed by atoms with E-state index in [9.17, 15) is 18.6 Å². The molecule has 0 spiro atoms. The molecule has 20 heavy (non-hydrogen) atoms. The number of rotatable bonds is 6. The molecule has 6 heteroatoms. The minimum atomic E-state index is -3.32. The zero-order valence-corrected chi connectivity index (χ0v) is 12.4. The molecule has 112 valence electrons. The van der Waals surface area contributed by atoms with Crippen LogP contribution in [0.1, 0.15) is 18.4 Å². The van der Waals surface area contributed by atoms with E-state index >= 15 is 0 Å². The Labute approximate surface area is 119 Å². The van der Waals surface area contributed by atoms with Gasteiger partial charge < -0.3 is 14.9 Å². The van der Waals surface area contributed by atoms with Crippen LogP contribution < -0.4 is 4.74 Å². The fourth-order valence-electron chi connectivity index (χ4n) is 2.94. The SMILES string of the molecule is CCS(=O)(=O)C1C(c2ccc(OC)cc2)C1(CO)CO. The molecule has 0 aliphatic heterocycles. The van der Waals surface area contributed by atoms with Gasteiger partial charge in [-0.05, 0) is 17.7 Å². The van der Waals surface area contributed by atoms with Crippen molar-refractivity contribution in [2.24, 2.45) is 5.41 Å². The highest BCUT2D eigenvalue weighted by Gasteiger charge is 2.69. The van der Waals surface area contributed by atoms with Gasteiger partial charge in [0, 0.05) is 17.1 Å². The van der Waals surface area contributed by atoms with Crippen LogP contribution in [-0.4, -0.2) is 50.0 Å². The van der Waals surface area contributed by atoms with Crippen LogP contribution in [0.2, 0.25) is 0 Å². The maximum atomic E-state index is 12.2. The second-order valence-electron chi connectivity index (χ2n) is 5.17. The number of aliphatic hydroxyl groups is 2. The number of hydrogen-bond donors (Lipinski definition) is 2. The van der Waals surface area contributed by atoms with Crippen LogP contribution in [0.15, 0.2) is 24.3 Å². The maximum Gasteiger partial charge on any atom is 0.154 e. The van der Waals surface area contributed by atoms with E-state index in [1.165, 1.54) is 0 Å². The topological polar surface area (TPSA) is 83.8 Å². The van der Waals surface area contributed by atoms with Gasteiger partial charge in [0.05, 0.1) is 25.6 Å². The molecule has 1 fully saturated rings. The lowest BCUT2D eigenvalue weighted by molar-refractivity contribution is 0.130. The van der Waals surface area contributed by atoms with Crippen molar-refractivity contribution in [1.82, 2.24) is 0 Å². The molecule has 0 amide bonds. The largest absolute Gasteiger partial charge is 0.497 e. The Morgan fingerprint density at radius 3 is 2.15 bits per heavy atom. The Hall–Kier alpha value is -1.11. The number of aliphatic hydroxyl groups excluding tert-OH is 2. The Balaban J connectivity index is 2.38. The quantitative estimate of drug-likeness (QED) is 0.802. The van der Waals surface area contributed by atoms with Gasteiger partial charge in [0.2, 0.25) is 0 Å². The number of sulfone groups is 1. The molecule has 1 aliphatic rings. The molecule has 1 aromatic rings. The molecule has 0 radical (unpaired) electrons. The molecule has 2 atom stereocenters. The molecule has 1 saturated carbocycles. The summed E-state index contributed by atoms with van der Waals surface area (Å²) in [5.41, 5.74) is -0.167. The molecule has 1 aromatic carbocycles. The van der Waals surface area contributed by atoms with Crippen molar-refractivity contribution in [2.75, 3.05) is 26.1 Å². The van der Waals surface area contributed by atoms with Crippen LogP contribution in [0.4, 0.5) is 0 Å². The van der Waals surface area contributed by atoms with E-state index in [4.69, 9.17) is 4.74 Å². The number of hydrogen-bond acceptors (Lipinski definition) is 5. The van der Waals surface area contributed by atoms with Crippen molar-refractivity contribution in [2.45, 2.75) is 18.1 Å². The predicted octanol–water partition coefficient (Wildman–Crippen LogP) is 0.567. The Bertz CT molecular complexity index is 560. The molecular formula is C14H20O5S. The third-order valence-corrected chi connectivity index (χ3v) is 6.55. The third kappa shape index (κ3) is 2.21. The van der Waals surface area contributed by atoms with Gasteiger partial charge in [0.15, 0.2) is 9.84 Å². The molecule has 2 unspecified atom stereocenters. The Morgan fingerprint density at radius 1 is 1.20 bits per heavy atom. The smallest absolute Gasteiger partial charge is 0.154 e. The fraction of sp³-hybridized carbons (Fsp3) is 0.571. The second kappa shape index (κ2) is 5.35. The summed E-state index contributed by atoms with van der Waals surface area (Å²) in [5, 5.41) is 18.4. The molecule has 2 rings (SSSR count). The summed E-state index contributed by atoms with van der Waals surface area (Å²) in [6.07, 6.45) is 0. The average Bonchev–Trinajstić information content (AvgIpc) is 3.18. The van der Waals surface area contributed by atoms with Crippen molar-refractivity contribution in [3.63, 3.8) is 0 Å². The van der Waals surface area contributed by atoms with Crippen LogP contribution in [0, 0.1) is 5.41 Å². The average molecular weight is 300 g/mol. The minimum Gasteiger partial charge on any atom is -0.497 e. The first-order valence-electron chi connectivity index (χ1n) is 6.54. The van der Waals surface area contributed by atoms with Crippen molar-refractivity contribution in [3.8, 4) is 5.75 Å². The Morgan fingerprint density at radius 2 is 1.75 bits per heavy atom. The van der Waals surface area contributed by atoms with E-state index < -0.39 is 20.5 Å². The van der Waals surface area contributed by atoms with Crippen LogP contribution in [0.5, 0.6) is 5.75 Å². The summed E-state index contributed by atoms with van der Waals surface area (Å²) >= 11 is 0. The molecular weight excluding hydrogens is 280 g/mol. The lowest BCUT2D eigenvalue weighted by Gasteiger charge is -2.11. The monoisotopic (exact) mass is 300 g/mol. The van der Waals surface area contributed by atoms with Crippen molar-refractivity contribution >= 4 is 9.84 Å². The van der Waals surface area contributed by atoms with Gasteiger partial charge in [-0.1, -0.05) is 19.1 Å². The summed E-state index contributed by atoms with van der Waals surface area (Å²) in [5.74, 6) is 0.322. The summed E-state index contributed by atoms with van der Waals surface area (Å²) in [4.78, 5) is 0. The van der Waals surface area contributed by atoms with Gasteiger partial charge in [0.25, 0.3) is 0 Å². The maximum absolute atomic E-state index is 12.2. The molecule has 2 N–H and O–H groups in total. The molecule has 0 bridgehead atoms. The third-order valence-electron chi connectivity index (χ3n) is 4.23. The summed E-state index contributed by atoms with van der Waals surface area (Å²) in [7, 11) is -1.76. The highest BCUT2D eigenvalue weighted by molar-refractivity contribution is 7.92. The Kier molecular flexibility index (Phi) is 4.09. The zero-order valence-electron chi connectivity index (χ0n) is 11.6. The lowest BCUT2D eigenvalue weighted by Crippen LogP contribution is -2.23. The van der Waals surface area contributed by atoms with Gasteiger partial charge in [-0.3, -0.25) is 0 Å². The van der Waals surface area contributed by atoms with E-state index in [-0.39, 0.29) is 24.9 Å². The predicted molar refractivity (Wildman–Crippen MR) is 75.6 cm³/mol. The standard InChI is InChI=1S/C14H20O5S/c1-3-20(17,18)13-12(14(13,8-15)9-16)10-4-6-11(19-2)7-5-10/h4-7,12-13,15-16H,3,8-9H2,1-2H3. The van der Waals surface area contributed by atoms with Crippen LogP contribution in [-0.2, 0) is 9.84 Å². The van der Waals surface area contributed by atoms with Gasteiger partial charge in [-0.2, -0.15) is 0 Å². The first kappa shape index (κ1) is 15.3. The van der Waals surface area contributed by atoms with E-state index in [1.807, 2.05) is 0 Å². The van der Waals surface area contributed by atoms with Gasteiger partial charge in [-0.25, -0.2) is 8.42 Å². The lowest BCUT2D eigenvalue weighted by atomic mass is 10.0. The minimum absolute atomic E-state index is 0.00602. The zero-order chi connectivity index (χ0) is 15.0. The van der Waals surface area contributed by atoms with E-state index in [1.54, 1.807) is 38.3 Å². The van der Waals surface area contributed by atoms with Gasteiger partial charge >= 0.3 is 0 Å². The molecule has 0 saturated heterocycles. The summed E-state index contributed by atoms with van der Waals surface area (Å²) < 4.78 is 29.4. The number of benzene rings is 1. The van der Waals surface area contributed by atoms with Gasteiger partial charge in [-0.15, -0.1) is 0 Å². The van der Waals surface area contributed by atoms with E-state index in [0.29, 0.717) is 5.75 Å². The van der Waals surface area contributed by atoms with Crippen LogP contribution in [0.25, 0.3) is 0 Å². The first-order valence-corrected chi connectivity index (χ1v) is 8.25. The highest BCUT2D eigenvalue weighted by Crippen LogP contribution is 2.62. The molecule has 0 heterocycles. The normalized spacial score (nSPS) is 24.4. The van der Waals surface area contributed by atoms with Crippen molar-refractivity contribution in [3.05, 3.63) is 29.8 Å². The fourth-order valence-corrected chi connectivity index (χ4v) is 5.08. The highest BCUT2D eigenvalue weighted by atomic mass is 32.2. The molecule has 5 nitrogen and oxygen atoms in total. The first-order chi connectivity index (χ1) is 9.46. The van der Waals surface area contributed by atoms with E-state index in [2.05, 4.69) is 0 Å². The number of methoxy groups -OCH3 is 1. The summed E-state index contributed by atoms with van der Waals surface area (Å²) in [6, 6.07) is 7.08. The number of ether oxygens (including phenoxy) is 1. The van der Waals surface area contributed by atoms with Crippen LogP contribution in [0.3, 0.4) is 0 Å².